The standard InChI is InChI=1S/C13H15N3O4/c1-15(8-11-13(18)20-14-16(11)2)12(17)9-5-4-6-10(7-9)19-3/h4-7H,8H2,1-3H3. The molecule has 1 aromatic heterocycles. The Hall–Kier alpha value is -2.57. The van der Waals surface area contributed by atoms with Crippen molar-refractivity contribution in [3.8, 4) is 11.7 Å². The van der Waals surface area contributed by atoms with Gasteiger partial charge in [-0.05, 0) is 18.2 Å². The lowest BCUT2D eigenvalue weighted by Crippen LogP contribution is -2.38. The number of hydrogen-bond donors (Lipinski definition) is 0. The van der Waals surface area contributed by atoms with Crippen LogP contribution in [-0.2, 0) is 13.6 Å². The van der Waals surface area contributed by atoms with Crippen LogP contribution in [0, 0.1) is 0 Å². The van der Waals surface area contributed by atoms with E-state index in [0.29, 0.717) is 17.0 Å². The first-order valence-corrected chi connectivity index (χ1v) is 5.94. The van der Waals surface area contributed by atoms with E-state index < -0.39 is 5.95 Å². The predicted molar refractivity (Wildman–Crippen MR) is 65.9 cm³/mol. The van der Waals surface area contributed by atoms with Gasteiger partial charge < -0.3 is 19.3 Å². The quantitative estimate of drug-likeness (QED) is 0.726. The number of hydrogen-bond acceptors (Lipinski definition) is 5. The summed E-state index contributed by atoms with van der Waals surface area (Å²) in [5.74, 6) is -0.161. The molecule has 0 fully saturated rings. The van der Waals surface area contributed by atoms with E-state index in [2.05, 4.69) is 9.79 Å². The molecule has 0 radical (unpaired) electrons. The van der Waals surface area contributed by atoms with E-state index in [1.165, 1.54) is 16.7 Å². The lowest BCUT2D eigenvalue weighted by molar-refractivity contribution is -0.746. The van der Waals surface area contributed by atoms with Crippen LogP contribution in [0.15, 0.2) is 28.8 Å². The van der Waals surface area contributed by atoms with Gasteiger partial charge in [-0.2, -0.15) is 0 Å². The van der Waals surface area contributed by atoms with Gasteiger partial charge in [-0.1, -0.05) is 10.7 Å². The maximum absolute atomic E-state index is 12.3. The summed E-state index contributed by atoms with van der Waals surface area (Å²) in [6.07, 6.45) is 0. The van der Waals surface area contributed by atoms with Crippen LogP contribution in [0.2, 0.25) is 0 Å². The van der Waals surface area contributed by atoms with E-state index in [1.54, 1.807) is 38.4 Å². The van der Waals surface area contributed by atoms with Crippen LogP contribution in [0.5, 0.6) is 11.7 Å². The first-order chi connectivity index (χ1) is 9.52. The molecule has 0 aliphatic rings. The minimum atomic E-state index is -0.544. The molecule has 0 atom stereocenters. The van der Waals surface area contributed by atoms with Gasteiger partial charge in [0.1, 0.15) is 12.3 Å². The Kier molecular flexibility index (Phi) is 3.88. The van der Waals surface area contributed by atoms with Gasteiger partial charge in [0.05, 0.1) is 12.4 Å². The highest BCUT2D eigenvalue weighted by molar-refractivity contribution is 5.94. The SMILES string of the molecule is COc1cccc(C(=O)N(C)Cc2c([O-])on[n+]2C)c1. The molecule has 0 saturated carbocycles. The highest BCUT2D eigenvalue weighted by Crippen LogP contribution is 2.16. The van der Waals surface area contributed by atoms with Gasteiger partial charge in [0, 0.05) is 12.6 Å². The van der Waals surface area contributed by atoms with Gasteiger partial charge in [0.2, 0.25) is 0 Å². The lowest BCUT2D eigenvalue weighted by Gasteiger charge is -2.15. The molecule has 0 spiro atoms. The fourth-order valence-corrected chi connectivity index (χ4v) is 1.77. The lowest BCUT2D eigenvalue weighted by atomic mass is 10.2. The summed E-state index contributed by atoms with van der Waals surface area (Å²) in [5, 5.41) is 14.9. The molecule has 1 heterocycles. The van der Waals surface area contributed by atoms with Crippen molar-refractivity contribution < 1.29 is 23.8 Å². The molecule has 20 heavy (non-hydrogen) atoms. The van der Waals surface area contributed by atoms with E-state index in [4.69, 9.17) is 4.74 Å². The minimum absolute atomic E-state index is 0.120. The molecule has 0 N–H and O–H groups in total. The number of aromatic nitrogens is 2. The number of aryl methyl sites for hydroxylation is 1. The van der Waals surface area contributed by atoms with Crippen LogP contribution >= 0.6 is 0 Å². The van der Waals surface area contributed by atoms with Gasteiger partial charge in [0.25, 0.3) is 11.6 Å². The fourth-order valence-electron chi connectivity index (χ4n) is 1.77. The number of rotatable bonds is 4. The third-order valence-corrected chi connectivity index (χ3v) is 2.92. The van der Waals surface area contributed by atoms with E-state index in [9.17, 15) is 9.90 Å². The number of benzene rings is 1. The smallest absolute Gasteiger partial charge is 0.254 e. The summed E-state index contributed by atoms with van der Waals surface area (Å²) >= 11 is 0. The number of amides is 1. The molecular weight excluding hydrogens is 262 g/mol. The topological polar surface area (TPSA) is 82.5 Å². The second-order valence-electron chi connectivity index (χ2n) is 4.32. The molecule has 7 nitrogen and oxygen atoms in total. The zero-order valence-electron chi connectivity index (χ0n) is 11.5. The number of methoxy groups -OCH3 is 1. The summed E-state index contributed by atoms with van der Waals surface area (Å²) in [6, 6.07) is 6.82. The molecule has 7 heteroatoms. The monoisotopic (exact) mass is 277 g/mol. The number of carbonyl (C=O) groups excluding carboxylic acids is 1. The average Bonchev–Trinajstić information content (AvgIpc) is 2.78. The Morgan fingerprint density at radius 2 is 2.30 bits per heavy atom. The second-order valence-corrected chi connectivity index (χ2v) is 4.32. The summed E-state index contributed by atoms with van der Waals surface area (Å²) < 4.78 is 10.9. The Bertz CT molecular complexity index is 604. The predicted octanol–water partition coefficient (Wildman–Crippen LogP) is -0.147. The summed E-state index contributed by atoms with van der Waals surface area (Å²) in [7, 11) is 4.73. The normalized spacial score (nSPS) is 10.3. The van der Waals surface area contributed by atoms with Crippen LogP contribution in [0.25, 0.3) is 0 Å². The molecule has 0 saturated heterocycles. The Morgan fingerprint density at radius 3 is 2.90 bits per heavy atom. The van der Waals surface area contributed by atoms with Crippen LogP contribution in [-0.4, -0.2) is 30.2 Å². The van der Waals surface area contributed by atoms with Crippen LogP contribution in [0.4, 0.5) is 0 Å². The average molecular weight is 277 g/mol. The summed E-state index contributed by atoms with van der Waals surface area (Å²) in [6.45, 7) is 0.120. The van der Waals surface area contributed by atoms with Gasteiger partial charge in [-0.3, -0.25) is 4.79 Å². The summed E-state index contributed by atoms with van der Waals surface area (Å²) in [5.41, 5.74) is 0.794. The Morgan fingerprint density at radius 1 is 1.55 bits per heavy atom. The van der Waals surface area contributed by atoms with Crippen molar-refractivity contribution in [2.45, 2.75) is 6.54 Å². The highest BCUT2D eigenvalue weighted by Gasteiger charge is 2.20. The number of nitrogens with zero attached hydrogens (tertiary/aromatic N) is 3. The number of carbonyl (C=O) groups is 1. The number of ether oxygens (including phenoxy) is 1. The van der Waals surface area contributed by atoms with Crippen molar-refractivity contribution in [1.29, 1.82) is 0 Å². The van der Waals surface area contributed by atoms with Crippen LogP contribution in [0.1, 0.15) is 16.1 Å². The van der Waals surface area contributed by atoms with E-state index in [0.717, 1.165) is 0 Å². The van der Waals surface area contributed by atoms with Crippen molar-refractivity contribution >= 4 is 5.91 Å². The molecule has 0 aliphatic carbocycles. The first-order valence-electron chi connectivity index (χ1n) is 5.94. The van der Waals surface area contributed by atoms with Crippen molar-refractivity contribution in [2.24, 2.45) is 7.05 Å². The van der Waals surface area contributed by atoms with E-state index in [1.807, 2.05) is 0 Å². The third-order valence-electron chi connectivity index (χ3n) is 2.92. The third kappa shape index (κ3) is 2.71. The molecule has 2 rings (SSSR count). The van der Waals surface area contributed by atoms with Gasteiger partial charge in [0.15, 0.2) is 13.0 Å². The Balaban J connectivity index is 2.16. The summed E-state index contributed by atoms with van der Waals surface area (Å²) in [4.78, 5) is 13.7. The Labute approximate surface area is 116 Å². The van der Waals surface area contributed by atoms with Crippen molar-refractivity contribution in [1.82, 2.24) is 10.2 Å². The highest BCUT2D eigenvalue weighted by atomic mass is 16.6. The van der Waals surface area contributed by atoms with E-state index >= 15 is 0 Å². The van der Waals surface area contributed by atoms with Gasteiger partial charge in [-0.25, -0.2) is 0 Å². The molecule has 2 aromatic rings. The molecule has 0 aliphatic heterocycles. The zero-order chi connectivity index (χ0) is 14.7. The fraction of sp³-hybridized carbons (Fsp3) is 0.308. The molecular formula is C13H15N3O4. The maximum atomic E-state index is 12.3. The molecule has 0 bridgehead atoms. The van der Waals surface area contributed by atoms with Crippen molar-refractivity contribution in [2.75, 3.05) is 14.2 Å². The van der Waals surface area contributed by atoms with Crippen LogP contribution < -0.4 is 14.5 Å². The zero-order valence-corrected chi connectivity index (χ0v) is 11.5. The molecule has 1 amide bonds. The van der Waals surface area contributed by atoms with Crippen LogP contribution in [0.3, 0.4) is 0 Å². The molecule has 0 unspecified atom stereocenters. The van der Waals surface area contributed by atoms with E-state index in [-0.39, 0.29) is 12.5 Å². The van der Waals surface area contributed by atoms with Crippen molar-refractivity contribution in [3.63, 3.8) is 0 Å². The van der Waals surface area contributed by atoms with Crippen molar-refractivity contribution in [3.05, 3.63) is 35.5 Å². The molecule has 1 aromatic carbocycles. The molecule has 106 valence electrons. The maximum Gasteiger partial charge on any atom is 0.254 e. The first kappa shape index (κ1) is 13.9. The van der Waals surface area contributed by atoms with Gasteiger partial charge in [-0.15, -0.1) is 0 Å². The largest absolute Gasteiger partial charge is 0.539 e. The van der Waals surface area contributed by atoms with Gasteiger partial charge >= 0.3 is 0 Å². The minimum Gasteiger partial charge on any atom is -0.539 e. The second kappa shape index (κ2) is 5.60.